The summed E-state index contributed by atoms with van der Waals surface area (Å²) < 4.78 is 5.67. The molecule has 4 unspecified atom stereocenters. The van der Waals surface area contributed by atoms with E-state index in [9.17, 15) is 9.90 Å². The normalized spacial score (nSPS) is 36.2. The summed E-state index contributed by atoms with van der Waals surface area (Å²) >= 11 is 0. The Hall–Kier alpha value is -0.570. The smallest absolute Gasteiger partial charge is 0.311 e. The number of fused-ring (bicyclic) bond motifs is 2. The third-order valence-electron chi connectivity index (χ3n) is 4.87. The summed E-state index contributed by atoms with van der Waals surface area (Å²) in [5.41, 5.74) is -0.363. The molecule has 0 aromatic heterocycles. The van der Waals surface area contributed by atoms with Crippen LogP contribution in [0.3, 0.4) is 0 Å². The Morgan fingerprint density at radius 3 is 2.47 bits per heavy atom. The molecular formula is C14H24O3. The molecule has 0 saturated heterocycles. The van der Waals surface area contributed by atoms with Gasteiger partial charge in [0.25, 0.3) is 0 Å². The maximum Gasteiger partial charge on any atom is 0.311 e. The van der Waals surface area contributed by atoms with Crippen LogP contribution in [0, 0.1) is 23.2 Å². The predicted molar refractivity (Wildman–Crippen MR) is 65.4 cm³/mol. The largest absolute Gasteiger partial charge is 0.462 e. The number of hydrogen-bond donors (Lipinski definition) is 1. The molecule has 2 aliphatic rings. The lowest BCUT2D eigenvalue weighted by atomic mass is 9.87. The topological polar surface area (TPSA) is 46.5 Å². The summed E-state index contributed by atoms with van der Waals surface area (Å²) in [6.45, 7) is 6.20. The molecule has 0 aromatic rings. The van der Waals surface area contributed by atoms with E-state index in [1.807, 2.05) is 20.8 Å². The van der Waals surface area contributed by atoms with Crippen molar-refractivity contribution in [2.75, 3.05) is 6.61 Å². The lowest BCUT2D eigenvalue weighted by Gasteiger charge is -2.30. The monoisotopic (exact) mass is 240 g/mol. The zero-order valence-electron chi connectivity index (χ0n) is 11.1. The minimum atomic E-state index is -0.363. The maximum absolute atomic E-state index is 12.0. The highest BCUT2D eigenvalue weighted by Gasteiger charge is 2.47. The Balaban J connectivity index is 1.89. The molecule has 1 N–H and O–H groups in total. The zero-order chi connectivity index (χ0) is 12.6. The summed E-state index contributed by atoms with van der Waals surface area (Å²) in [4.78, 5) is 12.0. The van der Waals surface area contributed by atoms with Gasteiger partial charge in [0.15, 0.2) is 0 Å². The van der Waals surface area contributed by atoms with Gasteiger partial charge in [0.2, 0.25) is 0 Å². The molecule has 0 heterocycles. The van der Waals surface area contributed by atoms with Crippen molar-refractivity contribution in [2.24, 2.45) is 23.2 Å². The second kappa shape index (κ2) is 4.60. The molecule has 0 aliphatic heterocycles. The van der Waals surface area contributed by atoms with E-state index in [2.05, 4.69) is 0 Å². The average Bonchev–Trinajstić information content (AvgIpc) is 2.87. The van der Waals surface area contributed by atoms with Crippen LogP contribution in [0.4, 0.5) is 0 Å². The molecule has 17 heavy (non-hydrogen) atoms. The maximum atomic E-state index is 12.0. The second-order valence-corrected chi connectivity index (χ2v) is 6.35. The Kier molecular flexibility index (Phi) is 3.48. The van der Waals surface area contributed by atoms with E-state index in [0.717, 1.165) is 25.7 Å². The van der Waals surface area contributed by atoms with Gasteiger partial charge in [0, 0.05) is 6.61 Å². The first kappa shape index (κ1) is 12.9. The van der Waals surface area contributed by atoms with E-state index in [1.165, 1.54) is 0 Å². The van der Waals surface area contributed by atoms with Gasteiger partial charge in [-0.3, -0.25) is 4.79 Å². The third kappa shape index (κ3) is 2.35. The molecule has 3 heteroatoms. The molecule has 3 nitrogen and oxygen atoms in total. The van der Waals surface area contributed by atoms with Crippen LogP contribution in [0.1, 0.15) is 46.5 Å². The molecule has 2 saturated carbocycles. The van der Waals surface area contributed by atoms with Gasteiger partial charge >= 0.3 is 5.97 Å². The molecule has 4 atom stereocenters. The third-order valence-corrected chi connectivity index (χ3v) is 4.87. The van der Waals surface area contributed by atoms with Crippen molar-refractivity contribution in [3.8, 4) is 0 Å². The van der Waals surface area contributed by atoms with Crippen LogP contribution in [0.5, 0.6) is 0 Å². The van der Waals surface area contributed by atoms with E-state index in [-0.39, 0.29) is 17.5 Å². The summed E-state index contributed by atoms with van der Waals surface area (Å²) in [6, 6.07) is 0. The van der Waals surface area contributed by atoms with Crippen LogP contribution >= 0.6 is 0 Å². The number of aliphatic hydroxyl groups is 1. The summed E-state index contributed by atoms with van der Waals surface area (Å²) in [5.74, 6) is 1.47. The SMILES string of the molecule is CCC(C)(C)C(=O)OC1CC2CC1CC2CO. The predicted octanol–water partition coefficient (Wildman–Crippen LogP) is 2.37. The van der Waals surface area contributed by atoms with Gasteiger partial charge in [-0.15, -0.1) is 0 Å². The van der Waals surface area contributed by atoms with Gasteiger partial charge < -0.3 is 9.84 Å². The molecule has 0 aromatic carbocycles. The van der Waals surface area contributed by atoms with Crippen LogP contribution < -0.4 is 0 Å². The van der Waals surface area contributed by atoms with Gasteiger partial charge in [-0.1, -0.05) is 6.92 Å². The van der Waals surface area contributed by atoms with Crippen molar-refractivity contribution in [1.82, 2.24) is 0 Å². The van der Waals surface area contributed by atoms with E-state index in [0.29, 0.717) is 24.4 Å². The van der Waals surface area contributed by atoms with Crippen LogP contribution in [-0.2, 0) is 9.53 Å². The summed E-state index contributed by atoms with van der Waals surface area (Å²) in [5, 5.41) is 9.22. The van der Waals surface area contributed by atoms with Crippen LogP contribution in [0.25, 0.3) is 0 Å². The first-order valence-corrected chi connectivity index (χ1v) is 6.80. The summed E-state index contributed by atoms with van der Waals surface area (Å²) in [7, 11) is 0. The number of ether oxygens (including phenoxy) is 1. The van der Waals surface area contributed by atoms with Crippen molar-refractivity contribution < 1.29 is 14.6 Å². The van der Waals surface area contributed by atoms with Gasteiger partial charge in [0.1, 0.15) is 6.10 Å². The first-order valence-electron chi connectivity index (χ1n) is 6.80. The Morgan fingerprint density at radius 2 is 2.00 bits per heavy atom. The Labute approximate surface area is 104 Å². The van der Waals surface area contributed by atoms with Crippen molar-refractivity contribution in [3.05, 3.63) is 0 Å². The molecule has 2 fully saturated rings. The Bertz CT molecular complexity index is 298. The molecule has 2 rings (SSSR count). The number of hydrogen-bond acceptors (Lipinski definition) is 3. The first-order chi connectivity index (χ1) is 7.97. The van der Waals surface area contributed by atoms with Gasteiger partial charge in [0.05, 0.1) is 5.41 Å². The van der Waals surface area contributed by atoms with E-state index < -0.39 is 0 Å². The van der Waals surface area contributed by atoms with Crippen molar-refractivity contribution in [3.63, 3.8) is 0 Å². The van der Waals surface area contributed by atoms with Gasteiger partial charge in [-0.2, -0.15) is 0 Å². The molecule has 0 amide bonds. The molecule has 2 bridgehead atoms. The van der Waals surface area contributed by atoms with E-state index >= 15 is 0 Å². The van der Waals surface area contributed by atoms with Crippen LogP contribution in [0.15, 0.2) is 0 Å². The average molecular weight is 240 g/mol. The van der Waals surface area contributed by atoms with Gasteiger partial charge in [-0.25, -0.2) is 0 Å². The lowest BCUT2D eigenvalue weighted by Crippen LogP contribution is -2.34. The van der Waals surface area contributed by atoms with Crippen molar-refractivity contribution >= 4 is 5.97 Å². The van der Waals surface area contributed by atoms with E-state index in [4.69, 9.17) is 4.74 Å². The number of rotatable bonds is 4. The van der Waals surface area contributed by atoms with Crippen LogP contribution in [0.2, 0.25) is 0 Å². The fourth-order valence-electron chi connectivity index (χ4n) is 3.15. The number of carbonyl (C=O) groups is 1. The zero-order valence-corrected chi connectivity index (χ0v) is 11.1. The molecule has 98 valence electrons. The molecule has 0 spiro atoms. The standard InChI is InChI=1S/C14H24O3/c1-4-14(2,3)13(16)17-12-7-9-5-10(12)6-11(9)8-15/h9-12,15H,4-8H2,1-3H3. The molecule has 2 aliphatic carbocycles. The minimum Gasteiger partial charge on any atom is -0.462 e. The highest BCUT2D eigenvalue weighted by atomic mass is 16.5. The highest BCUT2D eigenvalue weighted by molar-refractivity contribution is 5.76. The number of aliphatic hydroxyl groups excluding tert-OH is 1. The number of carbonyl (C=O) groups excluding carboxylic acids is 1. The van der Waals surface area contributed by atoms with E-state index in [1.54, 1.807) is 0 Å². The second-order valence-electron chi connectivity index (χ2n) is 6.35. The van der Waals surface area contributed by atoms with Gasteiger partial charge in [-0.05, 0) is 57.3 Å². The minimum absolute atomic E-state index is 0.0573. The quantitative estimate of drug-likeness (QED) is 0.767. The fraction of sp³-hybridized carbons (Fsp3) is 0.929. The fourth-order valence-corrected chi connectivity index (χ4v) is 3.15. The van der Waals surface area contributed by atoms with Crippen molar-refractivity contribution in [2.45, 2.75) is 52.6 Å². The molecular weight excluding hydrogens is 216 g/mol. The lowest BCUT2D eigenvalue weighted by molar-refractivity contribution is -0.162. The van der Waals surface area contributed by atoms with Crippen molar-refractivity contribution in [1.29, 1.82) is 0 Å². The number of esters is 1. The molecule has 0 radical (unpaired) electrons. The summed E-state index contributed by atoms with van der Waals surface area (Å²) in [6.07, 6.45) is 4.05. The highest BCUT2D eigenvalue weighted by Crippen LogP contribution is 2.49. The Morgan fingerprint density at radius 1 is 1.29 bits per heavy atom. The van der Waals surface area contributed by atoms with Crippen LogP contribution in [-0.4, -0.2) is 23.8 Å².